The quantitative estimate of drug-likeness (QED) is 0.668. The van der Waals surface area contributed by atoms with Gasteiger partial charge in [-0.25, -0.2) is 4.79 Å². The predicted molar refractivity (Wildman–Crippen MR) is 78.9 cm³/mol. The molecular formula is C15H23NO4. The summed E-state index contributed by atoms with van der Waals surface area (Å²) in [6, 6.07) is 5.06. The first-order chi connectivity index (χ1) is 9.67. The van der Waals surface area contributed by atoms with E-state index >= 15 is 0 Å². The molecule has 0 aliphatic rings. The van der Waals surface area contributed by atoms with Gasteiger partial charge in [-0.15, -0.1) is 0 Å². The van der Waals surface area contributed by atoms with Crippen LogP contribution in [0.2, 0.25) is 0 Å². The SMILES string of the molecule is CCCCOc1ccc(NC(=O)O)cc1OCCCC. The first-order valence-corrected chi connectivity index (χ1v) is 7.07. The van der Waals surface area contributed by atoms with Crippen LogP contribution >= 0.6 is 0 Å². The highest BCUT2D eigenvalue weighted by atomic mass is 16.5. The predicted octanol–water partition coefficient (Wildman–Crippen LogP) is 4.13. The maximum Gasteiger partial charge on any atom is 0.409 e. The Labute approximate surface area is 119 Å². The highest BCUT2D eigenvalue weighted by Crippen LogP contribution is 2.31. The van der Waals surface area contributed by atoms with Crippen molar-refractivity contribution in [3.05, 3.63) is 18.2 Å². The van der Waals surface area contributed by atoms with E-state index in [1.54, 1.807) is 18.2 Å². The van der Waals surface area contributed by atoms with Gasteiger partial charge < -0.3 is 14.6 Å². The Morgan fingerprint density at radius 2 is 1.70 bits per heavy atom. The van der Waals surface area contributed by atoms with Crippen LogP contribution in [0.1, 0.15) is 39.5 Å². The molecule has 0 aliphatic carbocycles. The van der Waals surface area contributed by atoms with Gasteiger partial charge in [0.05, 0.1) is 13.2 Å². The molecule has 1 amide bonds. The van der Waals surface area contributed by atoms with Gasteiger partial charge in [-0.3, -0.25) is 5.32 Å². The Balaban J connectivity index is 2.76. The summed E-state index contributed by atoms with van der Waals surface area (Å²) in [5, 5.41) is 11.0. The van der Waals surface area contributed by atoms with Gasteiger partial charge in [-0.1, -0.05) is 26.7 Å². The lowest BCUT2D eigenvalue weighted by Crippen LogP contribution is -2.08. The van der Waals surface area contributed by atoms with Gasteiger partial charge in [-0.2, -0.15) is 0 Å². The number of carboxylic acid groups (broad SMARTS) is 1. The summed E-state index contributed by atoms with van der Waals surface area (Å²) in [5.41, 5.74) is 0.479. The van der Waals surface area contributed by atoms with E-state index in [1.807, 2.05) is 0 Å². The fraction of sp³-hybridized carbons (Fsp3) is 0.533. The molecule has 5 nitrogen and oxygen atoms in total. The van der Waals surface area contributed by atoms with Crippen molar-refractivity contribution in [3.63, 3.8) is 0 Å². The molecule has 5 heteroatoms. The molecule has 0 spiro atoms. The number of hydrogen-bond donors (Lipinski definition) is 2. The van der Waals surface area contributed by atoms with Crippen LogP contribution in [0.4, 0.5) is 10.5 Å². The van der Waals surface area contributed by atoms with Crippen molar-refractivity contribution in [1.29, 1.82) is 0 Å². The zero-order chi connectivity index (χ0) is 14.8. The Morgan fingerprint density at radius 3 is 2.25 bits per heavy atom. The molecule has 0 atom stereocenters. The number of benzene rings is 1. The Kier molecular flexibility index (Phi) is 7.32. The van der Waals surface area contributed by atoms with Crippen LogP contribution in [-0.2, 0) is 0 Å². The fourth-order valence-electron chi connectivity index (χ4n) is 1.59. The molecule has 1 rings (SSSR count). The van der Waals surface area contributed by atoms with Gasteiger partial charge in [0, 0.05) is 11.8 Å². The summed E-state index contributed by atoms with van der Waals surface area (Å²) in [7, 11) is 0. The normalized spacial score (nSPS) is 10.1. The van der Waals surface area contributed by atoms with Crippen LogP contribution in [0.3, 0.4) is 0 Å². The number of anilines is 1. The largest absolute Gasteiger partial charge is 0.490 e. The van der Waals surface area contributed by atoms with Crippen molar-refractivity contribution in [1.82, 2.24) is 0 Å². The molecule has 112 valence electrons. The van der Waals surface area contributed by atoms with Crippen LogP contribution < -0.4 is 14.8 Å². The van der Waals surface area contributed by atoms with Gasteiger partial charge in [0.1, 0.15) is 0 Å². The molecule has 0 radical (unpaired) electrons. The molecule has 2 N–H and O–H groups in total. The smallest absolute Gasteiger partial charge is 0.409 e. The van der Waals surface area contributed by atoms with E-state index < -0.39 is 6.09 Å². The highest BCUT2D eigenvalue weighted by Gasteiger charge is 2.08. The summed E-state index contributed by atoms with van der Waals surface area (Å²) in [6.45, 7) is 5.41. The van der Waals surface area contributed by atoms with E-state index in [1.165, 1.54) is 0 Å². The lowest BCUT2D eigenvalue weighted by molar-refractivity contribution is 0.209. The minimum Gasteiger partial charge on any atom is -0.490 e. The van der Waals surface area contributed by atoms with Gasteiger partial charge >= 0.3 is 6.09 Å². The molecule has 1 aromatic carbocycles. The second-order valence-electron chi connectivity index (χ2n) is 4.50. The molecule has 0 bridgehead atoms. The molecule has 0 fully saturated rings. The van der Waals surface area contributed by atoms with E-state index in [2.05, 4.69) is 19.2 Å². The number of rotatable bonds is 9. The fourth-order valence-corrected chi connectivity index (χ4v) is 1.59. The van der Waals surface area contributed by atoms with Crippen molar-refractivity contribution in [2.45, 2.75) is 39.5 Å². The third-order valence-corrected chi connectivity index (χ3v) is 2.71. The number of nitrogens with one attached hydrogen (secondary N) is 1. The van der Waals surface area contributed by atoms with Crippen LogP contribution in [-0.4, -0.2) is 24.4 Å². The molecule has 0 saturated carbocycles. The molecule has 0 heterocycles. The monoisotopic (exact) mass is 281 g/mol. The van der Waals surface area contributed by atoms with Crippen molar-refractivity contribution in [2.75, 3.05) is 18.5 Å². The highest BCUT2D eigenvalue weighted by molar-refractivity contribution is 5.83. The molecule has 0 aromatic heterocycles. The van der Waals surface area contributed by atoms with E-state index in [0.717, 1.165) is 25.7 Å². The summed E-state index contributed by atoms with van der Waals surface area (Å²) < 4.78 is 11.3. The van der Waals surface area contributed by atoms with Crippen LogP contribution in [0.5, 0.6) is 11.5 Å². The van der Waals surface area contributed by atoms with E-state index in [0.29, 0.717) is 30.4 Å². The van der Waals surface area contributed by atoms with Gasteiger partial charge in [0.15, 0.2) is 11.5 Å². The summed E-state index contributed by atoms with van der Waals surface area (Å²) in [6.07, 6.45) is 2.93. The summed E-state index contributed by atoms with van der Waals surface area (Å²) >= 11 is 0. The Bertz CT molecular complexity index is 420. The number of unbranched alkanes of at least 4 members (excludes halogenated alkanes) is 2. The molecule has 0 saturated heterocycles. The molecule has 0 unspecified atom stereocenters. The van der Waals surface area contributed by atoms with Gasteiger partial charge in [-0.05, 0) is 25.0 Å². The minimum atomic E-state index is -1.09. The van der Waals surface area contributed by atoms with Gasteiger partial charge in [0.25, 0.3) is 0 Å². The average molecular weight is 281 g/mol. The lowest BCUT2D eigenvalue weighted by Gasteiger charge is -2.14. The maximum absolute atomic E-state index is 10.7. The van der Waals surface area contributed by atoms with Crippen LogP contribution in [0, 0.1) is 0 Å². The Hall–Kier alpha value is -1.91. The van der Waals surface area contributed by atoms with Gasteiger partial charge in [0.2, 0.25) is 0 Å². The zero-order valence-electron chi connectivity index (χ0n) is 12.1. The first-order valence-electron chi connectivity index (χ1n) is 7.07. The first kappa shape index (κ1) is 16.1. The van der Waals surface area contributed by atoms with Crippen molar-refractivity contribution >= 4 is 11.8 Å². The third kappa shape index (κ3) is 5.82. The number of hydrogen-bond acceptors (Lipinski definition) is 3. The molecule has 20 heavy (non-hydrogen) atoms. The number of amides is 1. The van der Waals surface area contributed by atoms with Crippen molar-refractivity contribution < 1.29 is 19.4 Å². The molecule has 1 aromatic rings. The Morgan fingerprint density at radius 1 is 1.10 bits per heavy atom. The summed E-state index contributed by atoms with van der Waals surface area (Å²) in [5.74, 6) is 1.24. The lowest BCUT2D eigenvalue weighted by atomic mass is 10.2. The van der Waals surface area contributed by atoms with Crippen molar-refractivity contribution in [2.24, 2.45) is 0 Å². The topological polar surface area (TPSA) is 67.8 Å². The second-order valence-corrected chi connectivity index (χ2v) is 4.50. The molecule has 0 aliphatic heterocycles. The van der Waals surface area contributed by atoms with E-state index in [4.69, 9.17) is 14.6 Å². The zero-order valence-corrected chi connectivity index (χ0v) is 12.1. The second kappa shape index (κ2) is 9.07. The van der Waals surface area contributed by atoms with Crippen LogP contribution in [0.15, 0.2) is 18.2 Å². The minimum absolute atomic E-state index is 0.479. The molecular weight excluding hydrogens is 258 g/mol. The van der Waals surface area contributed by atoms with E-state index in [-0.39, 0.29) is 0 Å². The third-order valence-electron chi connectivity index (χ3n) is 2.71. The average Bonchev–Trinajstić information content (AvgIpc) is 2.41. The van der Waals surface area contributed by atoms with Crippen molar-refractivity contribution in [3.8, 4) is 11.5 Å². The van der Waals surface area contributed by atoms with E-state index in [9.17, 15) is 4.79 Å². The maximum atomic E-state index is 10.7. The van der Waals surface area contributed by atoms with Crippen LogP contribution in [0.25, 0.3) is 0 Å². The number of carbonyl (C=O) groups is 1. The number of ether oxygens (including phenoxy) is 2. The standard InChI is InChI=1S/C15H23NO4/c1-3-5-9-19-13-8-7-12(16-15(17)18)11-14(13)20-10-6-4-2/h7-8,11,16H,3-6,9-10H2,1-2H3,(H,17,18). The summed E-state index contributed by atoms with van der Waals surface area (Å²) in [4.78, 5) is 10.7.